The van der Waals surface area contributed by atoms with E-state index in [0.29, 0.717) is 0 Å². The number of rotatable bonds is 6. The van der Waals surface area contributed by atoms with Gasteiger partial charge in [-0.15, -0.1) is 0 Å². The largest absolute Gasteiger partial charge is 0.229 e. The van der Waals surface area contributed by atoms with Gasteiger partial charge in [0.2, 0.25) is 10.0 Å². The van der Waals surface area contributed by atoms with Crippen LogP contribution in [0.2, 0.25) is 0 Å². The van der Waals surface area contributed by atoms with E-state index in [9.17, 15) is 16.8 Å². The molecule has 0 unspecified atom stereocenters. The number of sulfone groups is 1. The molecule has 0 rings (SSSR count). The number of nitrogens with one attached hydrogen (secondary N) is 1. The van der Waals surface area contributed by atoms with Crippen molar-refractivity contribution in [1.29, 1.82) is 0 Å². The Morgan fingerprint density at radius 3 is 2.14 bits per heavy atom. The average molecular weight is 262 g/mol. The molecule has 0 radical (unpaired) electrons. The van der Waals surface area contributed by atoms with Gasteiger partial charge in [-0.1, -0.05) is 18.2 Å². The Bertz CT molecular complexity index is 398. The van der Waals surface area contributed by atoms with Crippen LogP contribution in [0.1, 0.15) is 0 Å². The minimum Gasteiger partial charge on any atom is -0.229 e. The molecule has 0 aliphatic carbocycles. The van der Waals surface area contributed by atoms with Crippen LogP contribution in [0.3, 0.4) is 0 Å². The highest BCUT2D eigenvalue weighted by Gasteiger charge is 2.13. The fraction of sp³-hybridized carbons (Fsp3) is 0.667. The molecule has 0 atom stereocenters. The van der Waals surface area contributed by atoms with Crippen molar-refractivity contribution in [2.45, 2.75) is 0 Å². The minimum absolute atomic E-state index is 0.0896. The number of sulfonamides is 1. The van der Waals surface area contributed by atoms with E-state index in [-0.39, 0.29) is 11.6 Å². The van der Waals surface area contributed by atoms with Crippen LogP contribution in [0.15, 0.2) is 11.6 Å². The molecule has 0 aliphatic rings. The molecule has 84 valence electrons. The number of hydrogen-bond donors (Lipinski definition) is 1. The summed E-state index contributed by atoms with van der Waals surface area (Å²) in [7, 11) is -6.85. The summed E-state index contributed by atoms with van der Waals surface area (Å²) in [4.78, 5) is 0. The Hall–Kier alpha value is -0.110. The van der Waals surface area contributed by atoms with Crippen molar-refractivity contribution in [3.05, 3.63) is 11.6 Å². The zero-order valence-corrected chi connectivity index (χ0v) is 10.0. The van der Waals surface area contributed by atoms with E-state index < -0.39 is 31.4 Å². The highest BCUT2D eigenvalue weighted by atomic mass is 35.5. The second kappa shape index (κ2) is 5.11. The van der Waals surface area contributed by atoms with Gasteiger partial charge < -0.3 is 0 Å². The number of hydrogen-bond acceptors (Lipinski definition) is 4. The van der Waals surface area contributed by atoms with Gasteiger partial charge >= 0.3 is 0 Å². The fourth-order valence-electron chi connectivity index (χ4n) is 0.522. The molecule has 8 heteroatoms. The first kappa shape index (κ1) is 13.9. The third-order valence-electron chi connectivity index (χ3n) is 1.21. The van der Waals surface area contributed by atoms with Gasteiger partial charge in [-0.25, -0.2) is 21.6 Å². The minimum atomic E-state index is -3.58. The third-order valence-corrected chi connectivity index (χ3v) is 3.87. The standard InChI is InChI=1S/C6H12ClNO4S2/c1-6(7)5-8-14(11,12)4-3-13(2,9)10/h8H,1,3-5H2,2H3. The van der Waals surface area contributed by atoms with Crippen LogP contribution in [-0.4, -0.2) is 41.1 Å². The molecule has 0 aliphatic heterocycles. The van der Waals surface area contributed by atoms with E-state index in [1.54, 1.807) is 0 Å². The van der Waals surface area contributed by atoms with Crippen molar-refractivity contribution >= 4 is 31.5 Å². The summed E-state index contributed by atoms with van der Waals surface area (Å²) in [6.45, 7) is 3.20. The lowest BCUT2D eigenvalue weighted by Crippen LogP contribution is -2.30. The first-order chi connectivity index (χ1) is 6.12. The summed E-state index contributed by atoms with van der Waals surface area (Å²) in [5.41, 5.74) is 0. The lowest BCUT2D eigenvalue weighted by atomic mass is 10.7. The molecule has 1 N–H and O–H groups in total. The van der Waals surface area contributed by atoms with Gasteiger partial charge in [0, 0.05) is 17.8 Å². The van der Waals surface area contributed by atoms with Crippen molar-refractivity contribution in [2.24, 2.45) is 0 Å². The maximum atomic E-state index is 11.1. The quantitative estimate of drug-likeness (QED) is 0.712. The SMILES string of the molecule is C=C(Cl)CNS(=O)(=O)CCS(C)(=O)=O. The van der Waals surface area contributed by atoms with Crippen LogP contribution >= 0.6 is 11.6 Å². The Morgan fingerprint density at radius 2 is 1.79 bits per heavy atom. The molecule has 0 amide bonds. The Kier molecular flexibility index (Phi) is 5.07. The van der Waals surface area contributed by atoms with E-state index in [0.717, 1.165) is 6.26 Å². The van der Waals surface area contributed by atoms with E-state index in [1.807, 2.05) is 0 Å². The molecular formula is C6H12ClNO4S2. The summed E-state index contributed by atoms with van der Waals surface area (Å²) in [5, 5.41) is 0.146. The highest BCUT2D eigenvalue weighted by molar-refractivity contribution is 7.93. The van der Waals surface area contributed by atoms with E-state index >= 15 is 0 Å². The predicted octanol–water partition coefficient (Wildman–Crippen LogP) is -0.297. The molecule has 0 saturated heterocycles. The molecule has 0 spiro atoms. The van der Waals surface area contributed by atoms with Crippen LogP contribution in [0.4, 0.5) is 0 Å². The summed E-state index contributed by atoms with van der Waals surface area (Å²) < 4.78 is 45.7. The molecule has 5 nitrogen and oxygen atoms in total. The van der Waals surface area contributed by atoms with Gasteiger partial charge in [0.05, 0.1) is 11.5 Å². The Balaban J connectivity index is 4.17. The van der Waals surface area contributed by atoms with E-state index in [2.05, 4.69) is 11.3 Å². The van der Waals surface area contributed by atoms with E-state index in [4.69, 9.17) is 11.6 Å². The van der Waals surface area contributed by atoms with E-state index in [1.165, 1.54) is 0 Å². The highest BCUT2D eigenvalue weighted by Crippen LogP contribution is 1.95. The summed E-state index contributed by atoms with van der Waals surface area (Å²) >= 11 is 5.33. The van der Waals surface area contributed by atoms with Gasteiger partial charge in [-0.05, 0) is 0 Å². The van der Waals surface area contributed by atoms with Crippen molar-refractivity contribution in [3.63, 3.8) is 0 Å². The second-order valence-electron chi connectivity index (χ2n) is 2.79. The van der Waals surface area contributed by atoms with Crippen LogP contribution in [0, 0.1) is 0 Å². The third kappa shape index (κ3) is 8.49. The van der Waals surface area contributed by atoms with Gasteiger partial charge in [-0.3, -0.25) is 0 Å². The zero-order chi connectivity index (χ0) is 11.4. The average Bonchev–Trinajstić information content (AvgIpc) is 1.97. The number of halogens is 1. The molecule has 0 bridgehead atoms. The van der Waals surface area contributed by atoms with Gasteiger partial charge in [0.1, 0.15) is 9.84 Å². The molecule has 0 aromatic carbocycles. The Morgan fingerprint density at radius 1 is 1.29 bits per heavy atom. The van der Waals surface area contributed by atoms with Crippen LogP contribution < -0.4 is 4.72 Å². The summed E-state index contributed by atoms with van der Waals surface area (Å²) in [5.74, 6) is -0.868. The van der Waals surface area contributed by atoms with Crippen molar-refractivity contribution in [1.82, 2.24) is 4.72 Å². The van der Waals surface area contributed by atoms with Crippen LogP contribution in [0.5, 0.6) is 0 Å². The van der Waals surface area contributed by atoms with Gasteiger partial charge in [0.15, 0.2) is 0 Å². The van der Waals surface area contributed by atoms with Gasteiger partial charge in [0.25, 0.3) is 0 Å². The lowest BCUT2D eigenvalue weighted by molar-refractivity contribution is 0.582. The molecule has 0 saturated carbocycles. The molecule has 0 fully saturated rings. The molecular weight excluding hydrogens is 250 g/mol. The Labute approximate surface area is 89.1 Å². The van der Waals surface area contributed by atoms with Crippen molar-refractivity contribution in [3.8, 4) is 0 Å². The zero-order valence-electron chi connectivity index (χ0n) is 7.66. The predicted molar refractivity (Wildman–Crippen MR) is 56.5 cm³/mol. The molecule has 14 heavy (non-hydrogen) atoms. The van der Waals surface area contributed by atoms with Gasteiger partial charge in [-0.2, -0.15) is 0 Å². The van der Waals surface area contributed by atoms with Crippen LogP contribution in [-0.2, 0) is 19.9 Å². The fourth-order valence-corrected chi connectivity index (χ4v) is 3.29. The monoisotopic (exact) mass is 261 g/mol. The normalized spacial score (nSPS) is 12.7. The van der Waals surface area contributed by atoms with Crippen molar-refractivity contribution in [2.75, 3.05) is 24.3 Å². The summed E-state index contributed by atoms with van der Waals surface area (Å²) in [6.07, 6.45) is 0.975. The lowest BCUT2D eigenvalue weighted by Gasteiger charge is -2.04. The maximum absolute atomic E-state index is 11.1. The molecule has 0 aromatic rings. The maximum Gasteiger partial charge on any atom is 0.212 e. The summed E-state index contributed by atoms with van der Waals surface area (Å²) in [6, 6.07) is 0. The first-order valence-electron chi connectivity index (χ1n) is 3.61. The first-order valence-corrected chi connectivity index (χ1v) is 7.70. The van der Waals surface area contributed by atoms with Crippen LogP contribution in [0.25, 0.3) is 0 Å². The topological polar surface area (TPSA) is 80.3 Å². The molecule has 0 aromatic heterocycles. The van der Waals surface area contributed by atoms with Crippen molar-refractivity contribution < 1.29 is 16.8 Å². The second-order valence-corrected chi connectivity index (χ2v) is 7.51. The molecule has 0 heterocycles. The smallest absolute Gasteiger partial charge is 0.212 e.